The van der Waals surface area contributed by atoms with Gasteiger partial charge in [0.2, 0.25) is 0 Å². The van der Waals surface area contributed by atoms with Gasteiger partial charge in [0.1, 0.15) is 0 Å². The summed E-state index contributed by atoms with van der Waals surface area (Å²) in [5.74, 6) is 0.650. The summed E-state index contributed by atoms with van der Waals surface area (Å²) >= 11 is 1.82. The zero-order chi connectivity index (χ0) is 13.2. The third-order valence-electron chi connectivity index (χ3n) is 4.15. The molecule has 106 valence electrons. The van der Waals surface area contributed by atoms with Crippen molar-refractivity contribution < 1.29 is 4.74 Å². The lowest BCUT2D eigenvalue weighted by Gasteiger charge is -2.36. The zero-order valence-electron chi connectivity index (χ0n) is 11.8. The van der Waals surface area contributed by atoms with Crippen LogP contribution in [-0.2, 0) is 11.3 Å². The number of anilines is 1. The molecule has 1 aromatic rings. The van der Waals surface area contributed by atoms with Crippen molar-refractivity contribution >= 4 is 16.5 Å². The van der Waals surface area contributed by atoms with Gasteiger partial charge in [0.05, 0.1) is 6.10 Å². The smallest absolute Gasteiger partial charge is 0.185 e. The highest BCUT2D eigenvalue weighted by Gasteiger charge is 2.27. The first-order valence-electron chi connectivity index (χ1n) is 7.22. The molecule has 0 aromatic carbocycles. The second kappa shape index (κ2) is 5.77. The van der Waals surface area contributed by atoms with E-state index < -0.39 is 0 Å². The first-order chi connectivity index (χ1) is 9.26. The van der Waals surface area contributed by atoms with Gasteiger partial charge in [0.25, 0.3) is 0 Å². The number of nitrogens with zero attached hydrogens (tertiary/aromatic N) is 2. The van der Waals surface area contributed by atoms with Crippen LogP contribution in [0.3, 0.4) is 0 Å². The largest absolute Gasteiger partial charge is 0.379 e. The molecule has 2 unspecified atom stereocenters. The molecule has 19 heavy (non-hydrogen) atoms. The average Bonchev–Trinajstić information content (AvgIpc) is 3.14. The maximum Gasteiger partial charge on any atom is 0.185 e. The highest BCUT2D eigenvalue weighted by atomic mass is 32.1. The van der Waals surface area contributed by atoms with Crippen molar-refractivity contribution in [2.24, 2.45) is 5.92 Å². The molecule has 0 radical (unpaired) electrons. The maximum atomic E-state index is 5.57. The van der Waals surface area contributed by atoms with Crippen LogP contribution < -0.4 is 10.2 Å². The van der Waals surface area contributed by atoms with Crippen LogP contribution in [-0.4, -0.2) is 37.3 Å². The van der Waals surface area contributed by atoms with Crippen LogP contribution in [0.1, 0.15) is 31.1 Å². The predicted molar refractivity (Wildman–Crippen MR) is 78.8 cm³/mol. The molecule has 5 heteroatoms. The lowest BCUT2D eigenvalue weighted by atomic mass is 9.96. The predicted octanol–water partition coefficient (Wildman–Crippen LogP) is 2.26. The van der Waals surface area contributed by atoms with Gasteiger partial charge in [0.15, 0.2) is 5.13 Å². The molecule has 1 aliphatic carbocycles. The zero-order valence-corrected chi connectivity index (χ0v) is 12.6. The highest BCUT2D eigenvalue weighted by Crippen LogP contribution is 2.29. The van der Waals surface area contributed by atoms with Crippen LogP contribution in [0, 0.1) is 5.92 Å². The van der Waals surface area contributed by atoms with Crippen molar-refractivity contribution in [3.8, 4) is 0 Å². The molecular formula is C14H23N3OS. The van der Waals surface area contributed by atoms with Crippen molar-refractivity contribution in [2.75, 3.05) is 25.1 Å². The lowest BCUT2D eigenvalue weighted by Crippen LogP contribution is -2.43. The summed E-state index contributed by atoms with van der Waals surface area (Å²) in [6, 6.07) is 0.763. The summed E-state index contributed by atoms with van der Waals surface area (Å²) in [5, 5.41) is 4.70. The Morgan fingerprint density at radius 3 is 3.05 bits per heavy atom. The van der Waals surface area contributed by atoms with E-state index in [1.165, 1.54) is 24.1 Å². The third kappa shape index (κ3) is 3.27. The Labute approximate surface area is 119 Å². The summed E-state index contributed by atoms with van der Waals surface area (Å²) in [7, 11) is 1.82. The first kappa shape index (κ1) is 13.3. The van der Waals surface area contributed by atoms with Gasteiger partial charge >= 0.3 is 0 Å². The summed E-state index contributed by atoms with van der Waals surface area (Å²) in [4.78, 5) is 8.30. The van der Waals surface area contributed by atoms with Crippen molar-refractivity contribution in [1.29, 1.82) is 0 Å². The fourth-order valence-electron chi connectivity index (χ4n) is 2.57. The standard InChI is InChI=1S/C14H23N3OS/c1-10-5-6-17(9-13(10)18-2)14-16-8-12(19-14)7-15-11-3-4-11/h8,10-11,13,15H,3-7,9H2,1-2H3. The fraction of sp³-hybridized carbons (Fsp3) is 0.786. The fourth-order valence-corrected chi connectivity index (χ4v) is 3.47. The van der Waals surface area contributed by atoms with Crippen LogP contribution >= 0.6 is 11.3 Å². The number of piperidine rings is 1. The lowest BCUT2D eigenvalue weighted by molar-refractivity contribution is 0.0498. The Kier molecular flexibility index (Phi) is 4.05. The number of ether oxygens (including phenoxy) is 1. The van der Waals surface area contributed by atoms with Gasteiger partial charge in [-0.15, -0.1) is 11.3 Å². The average molecular weight is 281 g/mol. The van der Waals surface area contributed by atoms with Crippen molar-refractivity contribution in [1.82, 2.24) is 10.3 Å². The molecule has 0 bridgehead atoms. The molecule has 2 fully saturated rings. The number of hydrogen-bond donors (Lipinski definition) is 1. The van der Waals surface area contributed by atoms with Crippen molar-refractivity contribution in [3.05, 3.63) is 11.1 Å². The number of methoxy groups -OCH3 is 1. The van der Waals surface area contributed by atoms with Crippen LogP contribution in [0.15, 0.2) is 6.20 Å². The Bertz CT molecular complexity index is 419. The Balaban J connectivity index is 1.58. The van der Waals surface area contributed by atoms with E-state index in [4.69, 9.17) is 4.74 Å². The molecule has 3 rings (SSSR count). The second-order valence-corrected chi connectivity index (χ2v) is 6.84. The second-order valence-electron chi connectivity index (χ2n) is 5.75. The highest BCUT2D eigenvalue weighted by molar-refractivity contribution is 7.15. The molecule has 1 saturated carbocycles. The van der Waals surface area contributed by atoms with Crippen molar-refractivity contribution in [2.45, 2.75) is 44.9 Å². The van der Waals surface area contributed by atoms with Gasteiger partial charge in [-0.05, 0) is 25.2 Å². The molecule has 1 saturated heterocycles. The quantitative estimate of drug-likeness (QED) is 0.898. The molecule has 2 heterocycles. The van der Waals surface area contributed by atoms with Crippen LogP contribution in [0.2, 0.25) is 0 Å². The van der Waals surface area contributed by atoms with Crippen LogP contribution in [0.4, 0.5) is 5.13 Å². The van der Waals surface area contributed by atoms with E-state index in [1.54, 1.807) is 0 Å². The molecule has 2 atom stereocenters. The van der Waals surface area contributed by atoms with Crippen LogP contribution in [0.25, 0.3) is 0 Å². The molecule has 1 N–H and O–H groups in total. The number of thiazole rings is 1. The minimum Gasteiger partial charge on any atom is -0.379 e. The maximum absolute atomic E-state index is 5.57. The minimum absolute atomic E-state index is 0.339. The molecule has 2 aliphatic rings. The SMILES string of the molecule is COC1CN(c2ncc(CNC3CC3)s2)CCC1C. The van der Waals surface area contributed by atoms with E-state index in [9.17, 15) is 0 Å². The number of rotatable bonds is 5. The van der Waals surface area contributed by atoms with E-state index in [1.807, 2.05) is 24.6 Å². The van der Waals surface area contributed by atoms with Crippen molar-refractivity contribution in [3.63, 3.8) is 0 Å². The van der Waals surface area contributed by atoms with E-state index in [0.29, 0.717) is 12.0 Å². The number of aromatic nitrogens is 1. The van der Waals surface area contributed by atoms with Gasteiger partial charge in [-0.1, -0.05) is 6.92 Å². The van der Waals surface area contributed by atoms with E-state index >= 15 is 0 Å². The number of hydrogen-bond acceptors (Lipinski definition) is 5. The topological polar surface area (TPSA) is 37.4 Å². The molecule has 0 amide bonds. The summed E-state index contributed by atoms with van der Waals surface area (Å²) in [5.41, 5.74) is 0. The van der Waals surface area contributed by atoms with Gasteiger partial charge in [-0.3, -0.25) is 0 Å². The summed E-state index contributed by atoms with van der Waals surface area (Å²) in [6.45, 7) is 5.32. The van der Waals surface area contributed by atoms with E-state index in [-0.39, 0.29) is 0 Å². The van der Waals surface area contributed by atoms with Crippen LogP contribution in [0.5, 0.6) is 0 Å². The number of nitrogens with one attached hydrogen (secondary N) is 1. The van der Waals surface area contributed by atoms with Gasteiger partial charge in [-0.25, -0.2) is 4.98 Å². The molecule has 4 nitrogen and oxygen atoms in total. The Hall–Kier alpha value is -0.650. The molecule has 1 aromatic heterocycles. The molecule has 1 aliphatic heterocycles. The third-order valence-corrected chi connectivity index (χ3v) is 5.20. The van der Waals surface area contributed by atoms with Gasteiger partial charge in [-0.2, -0.15) is 0 Å². The van der Waals surface area contributed by atoms with E-state index in [2.05, 4.69) is 22.1 Å². The van der Waals surface area contributed by atoms with Gasteiger partial charge in [0, 0.05) is 43.9 Å². The Morgan fingerprint density at radius 2 is 2.32 bits per heavy atom. The molecule has 0 spiro atoms. The van der Waals surface area contributed by atoms with E-state index in [0.717, 1.165) is 30.8 Å². The summed E-state index contributed by atoms with van der Waals surface area (Å²) in [6.07, 6.45) is 6.23. The molecular weight excluding hydrogens is 258 g/mol. The normalized spacial score (nSPS) is 27.8. The monoisotopic (exact) mass is 281 g/mol. The van der Waals surface area contributed by atoms with Gasteiger partial charge < -0.3 is 15.0 Å². The summed E-state index contributed by atoms with van der Waals surface area (Å²) < 4.78 is 5.57. The minimum atomic E-state index is 0.339. The Morgan fingerprint density at radius 1 is 1.47 bits per heavy atom. The first-order valence-corrected chi connectivity index (χ1v) is 8.03.